The first-order valence-electron chi connectivity index (χ1n) is 7.05. The van der Waals surface area contributed by atoms with Gasteiger partial charge in [-0.05, 0) is 35.2 Å². The van der Waals surface area contributed by atoms with Crippen molar-refractivity contribution in [3.8, 4) is 0 Å². The minimum atomic E-state index is -0.286. The lowest BCUT2D eigenvalue weighted by Gasteiger charge is -2.25. The Bertz CT molecular complexity index is 657. The highest BCUT2D eigenvalue weighted by atomic mass is 19.1. The van der Waals surface area contributed by atoms with E-state index in [1.165, 1.54) is 23.3 Å². The van der Waals surface area contributed by atoms with E-state index >= 15 is 0 Å². The molecule has 3 nitrogen and oxygen atoms in total. The van der Waals surface area contributed by atoms with Crippen molar-refractivity contribution >= 4 is 5.91 Å². The van der Waals surface area contributed by atoms with Gasteiger partial charge in [-0.1, -0.05) is 36.4 Å². The van der Waals surface area contributed by atoms with Crippen LogP contribution in [0.3, 0.4) is 0 Å². The zero-order chi connectivity index (χ0) is 14.7. The van der Waals surface area contributed by atoms with Crippen molar-refractivity contribution in [3.05, 3.63) is 71.0 Å². The Balaban J connectivity index is 1.59. The van der Waals surface area contributed by atoms with Gasteiger partial charge >= 0.3 is 0 Å². The van der Waals surface area contributed by atoms with Gasteiger partial charge in [0.05, 0.1) is 6.04 Å². The molecular formula is C17H17FN2O. The first kappa shape index (κ1) is 13.8. The monoisotopic (exact) mass is 284 g/mol. The molecule has 2 aromatic rings. The third-order valence-corrected chi connectivity index (χ3v) is 3.75. The summed E-state index contributed by atoms with van der Waals surface area (Å²) in [5.74, 6) is -0.333. The summed E-state index contributed by atoms with van der Waals surface area (Å²) in [7, 11) is 0. The largest absolute Gasteiger partial charge is 0.351 e. The van der Waals surface area contributed by atoms with Crippen molar-refractivity contribution < 1.29 is 9.18 Å². The minimum absolute atomic E-state index is 0.0474. The van der Waals surface area contributed by atoms with Crippen LogP contribution in [0.2, 0.25) is 0 Å². The molecule has 0 unspecified atom stereocenters. The number of halogens is 1. The lowest BCUT2D eigenvalue weighted by molar-refractivity contribution is -0.123. The van der Waals surface area contributed by atoms with Crippen molar-refractivity contribution in [2.24, 2.45) is 0 Å². The smallest absolute Gasteiger partial charge is 0.237 e. The number of carbonyl (C=O) groups is 1. The Hall–Kier alpha value is -2.20. The van der Waals surface area contributed by atoms with Gasteiger partial charge in [0.2, 0.25) is 5.91 Å². The zero-order valence-electron chi connectivity index (χ0n) is 11.6. The average Bonchev–Trinajstić information content (AvgIpc) is 2.52. The molecule has 4 heteroatoms. The predicted molar refractivity (Wildman–Crippen MR) is 79.0 cm³/mol. The van der Waals surface area contributed by atoms with Gasteiger partial charge in [-0.25, -0.2) is 4.39 Å². The summed E-state index contributed by atoms with van der Waals surface area (Å²) in [4.78, 5) is 12.2. The van der Waals surface area contributed by atoms with Crippen molar-refractivity contribution in [1.29, 1.82) is 0 Å². The molecule has 2 aromatic carbocycles. The van der Waals surface area contributed by atoms with E-state index in [1.807, 2.05) is 12.1 Å². The van der Waals surface area contributed by atoms with Crippen LogP contribution in [0, 0.1) is 5.82 Å². The molecule has 0 bridgehead atoms. The van der Waals surface area contributed by atoms with Crippen molar-refractivity contribution in [3.63, 3.8) is 0 Å². The molecule has 2 N–H and O–H groups in total. The van der Waals surface area contributed by atoms with E-state index in [9.17, 15) is 9.18 Å². The van der Waals surface area contributed by atoms with Gasteiger partial charge in [-0.2, -0.15) is 0 Å². The van der Waals surface area contributed by atoms with Crippen LogP contribution in [0.25, 0.3) is 0 Å². The third-order valence-electron chi connectivity index (χ3n) is 3.75. The van der Waals surface area contributed by atoms with Crippen LogP contribution >= 0.6 is 0 Å². The molecule has 108 valence electrons. The molecule has 1 amide bonds. The molecule has 0 spiro atoms. The molecule has 3 rings (SSSR count). The van der Waals surface area contributed by atoms with Crippen LogP contribution in [-0.2, 0) is 24.3 Å². The van der Waals surface area contributed by atoms with E-state index in [4.69, 9.17) is 0 Å². The molecular weight excluding hydrogens is 267 g/mol. The van der Waals surface area contributed by atoms with Crippen molar-refractivity contribution in [1.82, 2.24) is 10.6 Å². The number of benzene rings is 2. The Labute approximate surface area is 123 Å². The molecule has 1 heterocycles. The number of fused-ring (bicyclic) bond motifs is 1. The van der Waals surface area contributed by atoms with E-state index in [0.717, 1.165) is 5.56 Å². The van der Waals surface area contributed by atoms with E-state index in [0.29, 0.717) is 19.5 Å². The van der Waals surface area contributed by atoms with Crippen LogP contribution in [0.4, 0.5) is 4.39 Å². The molecule has 1 aliphatic rings. The van der Waals surface area contributed by atoms with E-state index in [1.54, 1.807) is 12.1 Å². The average molecular weight is 284 g/mol. The number of amides is 1. The highest BCUT2D eigenvalue weighted by molar-refractivity contribution is 5.82. The van der Waals surface area contributed by atoms with Crippen LogP contribution in [0.1, 0.15) is 16.7 Å². The number of rotatable bonds is 3. The highest BCUT2D eigenvalue weighted by Gasteiger charge is 2.23. The summed E-state index contributed by atoms with van der Waals surface area (Å²) in [6.45, 7) is 1.05. The standard InChI is InChI=1S/C17H17FN2O/c18-15-7-3-4-12(8-15)10-20-17(21)16-9-13-5-1-2-6-14(13)11-19-16/h1-8,16,19H,9-11H2,(H,20,21)/t16-/m1/s1. The zero-order valence-corrected chi connectivity index (χ0v) is 11.6. The topological polar surface area (TPSA) is 41.1 Å². The molecule has 1 atom stereocenters. The number of nitrogens with one attached hydrogen (secondary N) is 2. The summed E-state index contributed by atoms with van der Waals surface area (Å²) in [5.41, 5.74) is 3.22. The van der Waals surface area contributed by atoms with Gasteiger partial charge in [0.25, 0.3) is 0 Å². The molecule has 0 fully saturated rings. The van der Waals surface area contributed by atoms with Crippen LogP contribution < -0.4 is 10.6 Å². The number of hydrogen-bond acceptors (Lipinski definition) is 2. The maximum absolute atomic E-state index is 13.1. The number of hydrogen-bond donors (Lipinski definition) is 2. The summed E-state index contributed by atoms with van der Waals surface area (Å²) in [6.07, 6.45) is 0.686. The predicted octanol–water partition coefficient (Wildman–Crippen LogP) is 2.16. The summed E-state index contributed by atoms with van der Waals surface area (Å²) >= 11 is 0. The summed E-state index contributed by atoms with van der Waals surface area (Å²) < 4.78 is 13.1. The first-order valence-corrected chi connectivity index (χ1v) is 7.05. The second-order valence-electron chi connectivity index (χ2n) is 5.25. The Kier molecular flexibility index (Phi) is 3.97. The van der Waals surface area contributed by atoms with Crippen molar-refractivity contribution in [2.75, 3.05) is 0 Å². The molecule has 0 saturated heterocycles. The normalized spacial score (nSPS) is 17.1. The maximum Gasteiger partial charge on any atom is 0.237 e. The molecule has 1 aliphatic heterocycles. The first-order chi connectivity index (χ1) is 10.2. The Morgan fingerprint density at radius 1 is 1.19 bits per heavy atom. The van der Waals surface area contributed by atoms with E-state index in [-0.39, 0.29) is 17.8 Å². The molecule has 0 aromatic heterocycles. The number of carbonyl (C=O) groups excluding carboxylic acids is 1. The Morgan fingerprint density at radius 2 is 2.00 bits per heavy atom. The molecule has 0 saturated carbocycles. The molecule has 0 radical (unpaired) electrons. The summed E-state index contributed by atoms with van der Waals surface area (Å²) in [6, 6.07) is 14.2. The second-order valence-corrected chi connectivity index (χ2v) is 5.25. The fourth-order valence-electron chi connectivity index (χ4n) is 2.60. The van der Waals surface area contributed by atoms with E-state index in [2.05, 4.69) is 22.8 Å². The quantitative estimate of drug-likeness (QED) is 0.907. The maximum atomic E-state index is 13.1. The lowest BCUT2D eigenvalue weighted by Crippen LogP contribution is -2.47. The fraction of sp³-hybridized carbons (Fsp3) is 0.235. The van der Waals surface area contributed by atoms with Crippen molar-refractivity contribution in [2.45, 2.75) is 25.6 Å². The van der Waals surface area contributed by atoms with Gasteiger partial charge in [0.15, 0.2) is 0 Å². The minimum Gasteiger partial charge on any atom is -0.351 e. The molecule has 0 aliphatic carbocycles. The molecule has 21 heavy (non-hydrogen) atoms. The van der Waals surface area contributed by atoms with Gasteiger partial charge in [0, 0.05) is 13.1 Å². The van der Waals surface area contributed by atoms with Crippen LogP contribution in [-0.4, -0.2) is 11.9 Å². The van der Waals surface area contributed by atoms with E-state index < -0.39 is 0 Å². The highest BCUT2D eigenvalue weighted by Crippen LogP contribution is 2.16. The van der Waals surface area contributed by atoms with Gasteiger partial charge in [-0.3, -0.25) is 4.79 Å². The summed E-state index contributed by atoms with van der Waals surface area (Å²) in [5, 5.41) is 6.10. The SMILES string of the molecule is O=C(NCc1cccc(F)c1)[C@H]1Cc2ccccc2CN1. The van der Waals surface area contributed by atoms with Crippen LogP contribution in [0.5, 0.6) is 0 Å². The van der Waals surface area contributed by atoms with Gasteiger partial charge in [0.1, 0.15) is 5.82 Å². The van der Waals surface area contributed by atoms with Gasteiger partial charge < -0.3 is 10.6 Å². The third kappa shape index (κ3) is 3.28. The Morgan fingerprint density at radius 3 is 2.81 bits per heavy atom. The second kappa shape index (κ2) is 6.06. The lowest BCUT2D eigenvalue weighted by atomic mass is 9.95. The fourth-order valence-corrected chi connectivity index (χ4v) is 2.60. The van der Waals surface area contributed by atoms with Gasteiger partial charge in [-0.15, -0.1) is 0 Å². The van der Waals surface area contributed by atoms with Crippen LogP contribution in [0.15, 0.2) is 48.5 Å².